The number of carbonyl (C=O) groups is 1. The summed E-state index contributed by atoms with van der Waals surface area (Å²) in [7, 11) is 2.88. The van der Waals surface area contributed by atoms with Crippen molar-refractivity contribution in [2.75, 3.05) is 14.2 Å². The van der Waals surface area contributed by atoms with Crippen LogP contribution in [0, 0.1) is 11.3 Å². The Morgan fingerprint density at radius 3 is 2.56 bits per heavy atom. The van der Waals surface area contributed by atoms with Crippen LogP contribution in [0.5, 0.6) is 11.5 Å². The summed E-state index contributed by atoms with van der Waals surface area (Å²) in [5.74, 6) is 0.0116. The Balaban J connectivity index is 3.08. The second kappa shape index (κ2) is 6.12. The molecule has 0 aliphatic heterocycles. The third kappa shape index (κ3) is 3.05. The molecule has 18 heavy (non-hydrogen) atoms. The van der Waals surface area contributed by atoms with Crippen LogP contribution in [0.3, 0.4) is 0 Å². The molecule has 0 N–H and O–H groups in total. The molecule has 0 bridgehead atoms. The minimum Gasteiger partial charge on any atom is -0.493 e. The van der Waals surface area contributed by atoms with Crippen molar-refractivity contribution in [1.82, 2.24) is 0 Å². The minimum absolute atomic E-state index is 0.194. The van der Waals surface area contributed by atoms with E-state index in [4.69, 9.17) is 31.1 Å². The molecule has 0 radical (unpaired) electrons. The highest BCUT2D eigenvalue weighted by Crippen LogP contribution is 2.36. The van der Waals surface area contributed by atoms with Gasteiger partial charge in [-0.25, -0.2) is 4.79 Å². The molecule has 0 aromatic heterocycles. The normalized spacial score (nSPS) is 11.3. The molecule has 0 amide bonds. The van der Waals surface area contributed by atoms with Crippen molar-refractivity contribution in [3.8, 4) is 17.6 Å². The molecule has 1 aromatic rings. The summed E-state index contributed by atoms with van der Waals surface area (Å²) >= 11 is 5.95. The standard InChI is InChI=1S/C12H12ClNO4/c1-7(6-14)18-12(15)8-4-9(13)11(17-3)10(5-8)16-2/h4-5,7H,1-3H3/t7-/m1/s1. The van der Waals surface area contributed by atoms with Gasteiger partial charge in [0, 0.05) is 0 Å². The first kappa shape index (κ1) is 14.1. The van der Waals surface area contributed by atoms with E-state index < -0.39 is 12.1 Å². The Labute approximate surface area is 110 Å². The minimum atomic E-state index is -0.829. The predicted octanol–water partition coefficient (Wildman–Crippen LogP) is 2.43. The predicted molar refractivity (Wildman–Crippen MR) is 65.0 cm³/mol. The third-order valence-electron chi connectivity index (χ3n) is 2.13. The number of hydrogen-bond donors (Lipinski definition) is 0. The number of halogens is 1. The van der Waals surface area contributed by atoms with E-state index in [-0.39, 0.29) is 10.6 Å². The Morgan fingerprint density at radius 1 is 1.39 bits per heavy atom. The van der Waals surface area contributed by atoms with Crippen molar-refractivity contribution in [3.05, 3.63) is 22.7 Å². The number of methoxy groups -OCH3 is 2. The van der Waals surface area contributed by atoms with Gasteiger partial charge in [0.1, 0.15) is 6.07 Å². The van der Waals surface area contributed by atoms with Crippen LogP contribution in [-0.4, -0.2) is 26.3 Å². The van der Waals surface area contributed by atoms with E-state index in [1.54, 1.807) is 6.07 Å². The fraction of sp³-hybridized carbons (Fsp3) is 0.333. The number of nitriles is 1. The fourth-order valence-electron chi connectivity index (χ4n) is 1.29. The highest BCUT2D eigenvalue weighted by atomic mass is 35.5. The van der Waals surface area contributed by atoms with Crippen LogP contribution in [0.25, 0.3) is 0 Å². The first-order valence-electron chi connectivity index (χ1n) is 5.05. The van der Waals surface area contributed by atoms with Crippen LogP contribution in [0.1, 0.15) is 17.3 Å². The summed E-state index contributed by atoms with van der Waals surface area (Å²) < 4.78 is 15.0. The summed E-state index contributed by atoms with van der Waals surface area (Å²) in [6.45, 7) is 1.47. The van der Waals surface area contributed by atoms with Crippen molar-refractivity contribution in [2.45, 2.75) is 13.0 Å². The average molecular weight is 270 g/mol. The topological polar surface area (TPSA) is 68.5 Å². The van der Waals surface area contributed by atoms with Gasteiger partial charge in [-0.3, -0.25) is 0 Å². The average Bonchev–Trinajstić information content (AvgIpc) is 2.37. The highest BCUT2D eigenvalue weighted by Gasteiger charge is 2.17. The summed E-state index contributed by atoms with van der Waals surface area (Å²) in [5, 5.41) is 8.80. The molecule has 1 aromatic carbocycles. The SMILES string of the molecule is COc1cc(C(=O)O[C@H](C)C#N)cc(Cl)c1OC. The summed E-state index contributed by atoms with van der Waals surface area (Å²) in [6.07, 6.45) is -0.829. The summed E-state index contributed by atoms with van der Waals surface area (Å²) in [6, 6.07) is 4.64. The number of carbonyl (C=O) groups excluding carboxylic acids is 1. The molecule has 96 valence electrons. The molecular weight excluding hydrogens is 258 g/mol. The Bertz CT molecular complexity index is 496. The zero-order chi connectivity index (χ0) is 13.7. The molecule has 5 nitrogen and oxygen atoms in total. The van der Waals surface area contributed by atoms with E-state index in [1.807, 2.05) is 0 Å². The smallest absolute Gasteiger partial charge is 0.339 e. The van der Waals surface area contributed by atoms with E-state index in [0.29, 0.717) is 11.5 Å². The maximum atomic E-state index is 11.7. The second-order valence-electron chi connectivity index (χ2n) is 3.37. The molecule has 1 atom stereocenters. The number of ether oxygens (including phenoxy) is 3. The zero-order valence-electron chi connectivity index (χ0n) is 10.2. The Morgan fingerprint density at radius 2 is 2.06 bits per heavy atom. The molecule has 0 heterocycles. The zero-order valence-corrected chi connectivity index (χ0v) is 10.9. The third-order valence-corrected chi connectivity index (χ3v) is 2.42. The molecule has 0 aliphatic carbocycles. The van der Waals surface area contributed by atoms with Gasteiger partial charge >= 0.3 is 5.97 Å². The van der Waals surface area contributed by atoms with E-state index in [9.17, 15) is 4.79 Å². The lowest BCUT2D eigenvalue weighted by molar-refractivity contribution is 0.0435. The van der Waals surface area contributed by atoms with Crippen LogP contribution in [0.4, 0.5) is 0 Å². The van der Waals surface area contributed by atoms with Crippen molar-refractivity contribution < 1.29 is 19.0 Å². The molecule has 0 unspecified atom stereocenters. The van der Waals surface area contributed by atoms with Gasteiger partial charge in [0.2, 0.25) is 0 Å². The lowest BCUT2D eigenvalue weighted by Crippen LogP contribution is -2.13. The van der Waals surface area contributed by atoms with Gasteiger partial charge in [-0.2, -0.15) is 5.26 Å². The lowest BCUT2D eigenvalue weighted by Gasteiger charge is -2.12. The van der Waals surface area contributed by atoms with Gasteiger partial charge in [-0.05, 0) is 19.1 Å². The summed E-state index contributed by atoms with van der Waals surface area (Å²) in [4.78, 5) is 11.7. The second-order valence-corrected chi connectivity index (χ2v) is 3.78. The molecule has 0 saturated carbocycles. The molecule has 0 fully saturated rings. The number of rotatable bonds is 4. The largest absolute Gasteiger partial charge is 0.493 e. The molecule has 1 rings (SSSR count). The van der Waals surface area contributed by atoms with Gasteiger partial charge < -0.3 is 14.2 Å². The van der Waals surface area contributed by atoms with Crippen molar-refractivity contribution in [3.63, 3.8) is 0 Å². The van der Waals surface area contributed by atoms with Crippen LogP contribution in [0.2, 0.25) is 5.02 Å². The van der Waals surface area contributed by atoms with Crippen LogP contribution < -0.4 is 9.47 Å². The molecule has 6 heteroatoms. The van der Waals surface area contributed by atoms with Gasteiger partial charge in [-0.1, -0.05) is 11.6 Å². The summed E-state index contributed by atoms with van der Waals surface area (Å²) in [5.41, 5.74) is 0.194. The quantitative estimate of drug-likeness (QED) is 0.785. The van der Waals surface area contributed by atoms with Crippen LogP contribution >= 0.6 is 11.6 Å². The Kier molecular flexibility index (Phi) is 4.81. The first-order valence-corrected chi connectivity index (χ1v) is 5.43. The number of nitrogens with zero attached hydrogens (tertiary/aromatic N) is 1. The van der Waals surface area contributed by atoms with E-state index in [0.717, 1.165) is 0 Å². The van der Waals surface area contributed by atoms with Gasteiger partial charge in [0.05, 0.1) is 24.8 Å². The van der Waals surface area contributed by atoms with Crippen molar-refractivity contribution >= 4 is 17.6 Å². The molecular formula is C12H12ClNO4. The highest BCUT2D eigenvalue weighted by molar-refractivity contribution is 6.32. The Hall–Kier alpha value is -1.93. The maximum absolute atomic E-state index is 11.7. The number of esters is 1. The number of benzene rings is 1. The van der Waals surface area contributed by atoms with Crippen LogP contribution in [0.15, 0.2) is 12.1 Å². The van der Waals surface area contributed by atoms with Crippen LogP contribution in [-0.2, 0) is 4.74 Å². The maximum Gasteiger partial charge on any atom is 0.339 e. The first-order chi connectivity index (χ1) is 8.53. The monoisotopic (exact) mass is 269 g/mol. The van der Waals surface area contributed by atoms with Crippen molar-refractivity contribution in [2.24, 2.45) is 0 Å². The van der Waals surface area contributed by atoms with E-state index in [1.165, 1.54) is 33.3 Å². The molecule has 0 saturated heterocycles. The van der Waals surface area contributed by atoms with E-state index in [2.05, 4.69) is 0 Å². The van der Waals surface area contributed by atoms with Gasteiger partial charge in [0.15, 0.2) is 17.6 Å². The lowest BCUT2D eigenvalue weighted by atomic mass is 10.2. The van der Waals surface area contributed by atoms with Crippen molar-refractivity contribution in [1.29, 1.82) is 5.26 Å². The van der Waals surface area contributed by atoms with Gasteiger partial charge in [0.25, 0.3) is 0 Å². The molecule has 0 aliphatic rings. The fourth-order valence-corrected chi connectivity index (χ4v) is 1.58. The van der Waals surface area contributed by atoms with E-state index >= 15 is 0 Å². The molecule has 0 spiro atoms. The number of hydrogen-bond acceptors (Lipinski definition) is 5. The van der Waals surface area contributed by atoms with Gasteiger partial charge in [-0.15, -0.1) is 0 Å².